The first-order valence-corrected chi connectivity index (χ1v) is 13.0. The molecule has 14 heteroatoms. The van der Waals surface area contributed by atoms with Crippen molar-refractivity contribution in [3.05, 3.63) is 77.9 Å². The molecule has 0 aliphatic rings. The number of phenolic OH excluding ortho intramolecular Hbond substituents is 2. The molecule has 0 aliphatic carbocycles. The second kappa shape index (κ2) is 14.6. The predicted octanol–water partition coefficient (Wildman–Crippen LogP) is -0.904. The van der Waals surface area contributed by atoms with E-state index < -0.39 is 54.0 Å². The highest BCUT2D eigenvalue weighted by atomic mass is 16.4. The maximum absolute atomic E-state index is 13.3. The molecule has 3 aromatic rings. The van der Waals surface area contributed by atoms with Crippen molar-refractivity contribution >= 4 is 23.7 Å². The fraction of sp³-hybridized carbons (Fsp3) is 0.321. The summed E-state index contributed by atoms with van der Waals surface area (Å²) in [5.41, 5.74) is 7.74. The van der Waals surface area contributed by atoms with Crippen molar-refractivity contribution in [1.29, 1.82) is 0 Å². The maximum atomic E-state index is 13.3. The summed E-state index contributed by atoms with van der Waals surface area (Å²) in [5.74, 6) is -3.76. The summed E-state index contributed by atoms with van der Waals surface area (Å²) in [6.45, 7) is 1.25. The van der Waals surface area contributed by atoms with Crippen LogP contribution >= 0.6 is 0 Å². The molecule has 3 rings (SSSR count). The highest BCUT2D eigenvalue weighted by molar-refractivity contribution is 5.94. The number of imidazole rings is 1. The minimum atomic E-state index is -1.56. The smallest absolute Gasteiger partial charge is 0.326 e. The molecule has 0 aliphatic heterocycles. The molecule has 1 heterocycles. The summed E-state index contributed by atoms with van der Waals surface area (Å²) in [7, 11) is 0. The number of aliphatic hydroxyl groups excluding tert-OH is 1. The summed E-state index contributed by atoms with van der Waals surface area (Å²) in [6.07, 6.45) is 1.32. The van der Waals surface area contributed by atoms with Crippen molar-refractivity contribution in [2.75, 3.05) is 0 Å². The van der Waals surface area contributed by atoms with Crippen molar-refractivity contribution in [2.45, 2.75) is 56.5 Å². The van der Waals surface area contributed by atoms with Gasteiger partial charge in [0.2, 0.25) is 17.7 Å². The zero-order valence-corrected chi connectivity index (χ0v) is 22.7. The van der Waals surface area contributed by atoms with E-state index in [9.17, 15) is 39.6 Å². The molecule has 2 aromatic carbocycles. The van der Waals surface area contributed by atoms with Gasteiger partial charge in [-0.1, -0.05) is 24.3 Å². The number of nitrogens with two attached hydrogens (primary N) is 1. The lowest BCUT2D eigenvalue weighted by molar-refractivity contribution is -0.143. The largest absolute Gasteiger partial charge is 0.508 e. The number of carbonyl (C=O) groups excluding carboxylic acids is 3. The molecule has 10 N–H and O–H groups in total. The van der Waals surface area contributed by atoms with Gasteiger partial charge >= 0.3 is 5.97 Å². The normalized spacial score (nSPS) is 14.5. The van der Waals surface area contributed by atoms with Gasteiger partial charge in [-0.15, -0.1) is 0 Å². The van der Waals surface area contributed by atoms with Crippen LogP contribution in [-0.4, -0.2) is 84.4 Å². The van der Waals surface area contributed by atoms with Crippen LogP contribution in [0.1, 0.15) is 23.7 Å². The van der Waals surface area contributed by atoms with Gasteiger partial charge in [0.1, 0.15) is 29.6 Å². The molecule has 14 nitrogen and oxygen atoms in total. The number of hydrogen-bond acceptors (Lipinski definition) is 9. The zero-order chi connectivity index (χ0) is 30.8. The van der Waals surface area contributed by atoms with E-state index >= 15 is 0 Å². The van der Waals surface area contributed by atoms with Crippen LogP contribution in [-0.2, 0) is 38.4 Å². The number of H-pyrrole nitrogens is 1. The van der Waals surface area contributed by atoms with Gasteiger partial charge in [-0.05, 0) is 48.7 Å². The number of aliphatic hydroxyl groups is 1. The molecule has 0 saturated carbocycles. The van der Waals surface area contributed by atoms with Crippen LogP contribution < -0.4 is 21.7 Å². The Bertz CT molecular complexity index is 1350. The summed E-state index contributed by atoms with van der Waals surface area (Å²) >= 11 is 0. The first-order valence-electron chi connectivity index (χ1n) is 13.0. The van der Waals surface area contributed by atoms with Gasteiger partial charge in [-0.2, -0.15) is 0 Å². The van der Waals surface area contributed by atoms with Crippen LogP contribution in [0.2, 0.25) is 0 Å². The van der Waals surface area contributed by atoms with E-state index in [1.165, 1.54) is 55.8 Å². The summed E-state index contributed by atoms with van der Waals surface area (Å²) < 4.78 is 0. The third-order valence-electron chi connectivity index (χ3n) is 6.39. The fourth-order valence-electron chi connectivity index (χ4n) is 4.07. The van der Waals surface area contributed by atoms with Crippen molar-refractivity contribution in [3.63, 3.8) is 0 Å². The van der Waals surface area contributed by atoms with Crippen LogP contribution in [0, 0.1) is 0 Å². The molecule has 224 valence electrons. The Morgan fingerprint density at radius 3 is 1.86 bits per heavy atom. The van der Waals surface area contributed by atoms with E-state index in [2.05, 4.69) is 25.9 Å². The quantitative estimate of drug-likeness (QED) is 0.113. The number of phenols is 2. The first-order chi connectivity index (χ1) is 19.9. The Morgan fingerprint density at radius 1 is 0.810 bits per heavy atom. The van der Waals surface area contributed by atoms with Crippen LogP contribution in [0.4, 0.5) is 0 Å². The second-order valence-corrected chi connectivity index (χ2v) is 9.82. The highest BCUT2D eigenvalue weighted by Gasteiger charge is 2.33. The maximum Gasteiger partial charge on any atom is 0.326 e. The third kappa shape index (κ3) is 9.31. The Balaban J connectivity index is 1.71. The Morgan fingerprint density at radius 2 is 1.36 bits per heavy atom. The van der Waals surface area contributed by atoms with Gasteiger partial charge in [0.25, 0.3) is 0 Å². The van der Waals surface area contributed by atoms with E-state index in [4.69, 9.17) is 5.73 Å². The lowest BCUT2D eigenvalue weighted by atomic mass is 10.0. The van der Waals surface area contributed by atoms with E-state index in [0.29, 0.717) is 16.8 Å². The summed E-state index contributed by atoms with van der Waals surface area (Å²) in [4.78, 5) is 57.9. The molecule has 1 aromatic heterocycles. The van der Waals surface area contributed by atoms with Gasteiger partial charge in [-0.3, -0.25) is 14.4 Å². The number of carbonyl (C=O) groups is 4. The molecular weight excluding hydrogens is 548 g/mol. The molecule has 42 heavy (non-hydrogen) atoms. The number of aromatic hydroxyl groups is 2. The molecular formula is C28H34N6O8. The van der Waals surface area contributed by atoms with E-state index in [1.807, 2.05) is 0 Å². The van der Waals surface area contributed by atoms with Crippen molar-refractivity contribution in [3.8, 4) is 11.5 Å². The summed E-state index contributed by atoms with van der Waals surface area (Å²) in [5, 5.41) is 46.1. The third-order valence-corrected chi connectivity index (χ3v) is 6.39. The van der Waals surface area contributed by atoms with Crippen molar-refractivity contribution in [1.82, 2.24) is 25.9 Å². The first kappa shape index (κ1) is 31.6. The zero-order valence-electron chi connectivity index (χ0n) is 22.7. The number of aromatic nitrogens is 2. The van der Waals surface area contributed by atoms with Gasteiger partial charge in [0.05, 0.1) is 18.5 Å². The molecule has 0 spiro atoms. The number of amides is 3. The van der Waals surface area contributed by atoms with Gasteiger partial charge in [0, 0.05) is 24.7 Å². The lowest BCUT2D eigenvalue weighted by Gasteiger charge is -2.26. The van der Waals surface area contributed by atoms with Crippen LogP contribution in [0.25, 0.3) is 0 Å². The topological polar surface area (TPSA) is 240 Å². The number of rotatable bonds is 14. The van der Waals surface area contributed by atoms with Gasteiger partial charge in [0.15, 0.2) is 0 Å². The minimum Gasteiger partial charge on any atom is -0.508 e. The number of hydrogen-bond donors (Lipinski definition) is 9. The van der Waals surface area contributed by atoms with Crippen molar-refractivity contribution in [2.24, 2.45) is 5.73 Å². The fourth-order valence-corrected chi connectivity index (χ4v) is 4.07. The van der Waals surface area contributed by atoms with E-state index in [-0.39, 0.29) is 30.8 Å². The number of nitrogens with one attached hydrogen (secondary N) is 4. The number of aliphatic carboxylic acids is 1. The average Bonchev–Trinajstić information content (AvgIpc) is 3.46. The Labute approximate surface area is 241 Å². The molecule has 0 radical (unpaired) electrons. The number of benzene rings is 2. The second-order valence-electron chi connectivity index (χ2n) is 9.82. The van der Waals surface area contributed by atoms with Gasteiger partial charge < -0.3 is 47.1 Å². The van der Waals surface area contributed by atoms with E-state index in [1.54, 1.807) is 12.1 Å². The van der Waals surface area contributed by atoms with Crippen LogP contribution in [0.3, 0.4) is 0 Å². The van der Waals surface area contributed by atoms with E-state index in [0.717, 1.165) is 0 Å². The number of carboxylic acids is 1. The van der Waals surface area contributed by atoms with Crippen molar-refractivity contribution < 1.29 is 39.6 Å². The van der Waals surface area contributed by atoms with Crippen LogP contribution in [0.5, 0.6) is 11.5 Å². The monoisotopic (exact) mass is 582 g/mol. The number of aromatic amines is 1. The predicted molar refractivity (Wildman–Crippen MR) is 149 cm³/mol. The molecule has 0 saturated heterocycles. The highest BCUT2D eigenvalue weighted by Crippen LogP contribution is 2.13. The molecule has 0 bridgehead atoms. The molecule has 0 fully saturated rings. The van der Waals surface area contributed by atoms with Gasteiger partial charge in [-0.25, -0.2) is 9.78 Å². The Kier molecular flexibility index (Phi) is 11.0. The molecule has 3 amide bonds. The number of carboxylic acid groups (broad SMARTS) is 1. The number of nitrogens with zero attached hydrogens (tertiary/aromatic N) is 1. The minimum absolute atomic E-state index is 0.00960. The standard InChI is InChI=1S/C28H34N6O8/c1-15(35)24(27(40)33-23(28(41)42)11-17-4-8-20(37)9-5-17)34-26(39)22(12-18-13-30-14-31-18)32-25(38)21(29)10-16-2-6-19(36)7-3-16/h2-9,13-15,21-24,35-37H,10-12,29H2,1H3,(H,30,31)(H,32,38)(H,33,40)(H,34,39)(H,41,42). The average molecular weight is 583 g/mol. The molecule has 5 atom stereocenters. The SMILES string of the molecule is CC(O)C(NC(=O)C(Cc1cnc[nH]1)NC(=O)C(N)Cc1ccc(O)cc1)C(=O)NC(Cc1ccc(O)cc1)C(=O)O. The lowest BCUT2D eigenvalue weighted by Crippen LogP contribution is -2.60. The summed E-state index contributed by atoms with van der Waals surface area (Å²) in [6, 6.07) is 6.60. The van der Waals surface area contributed by atoms with Crippen LogP contribution in [0.15, 0.2) is 61.1 Å². The molecule has 5 unspecified atom stereocenters. The Hall–Kier alpha value is -4.95.